The van der Waals surface area contributed by atoms with Gasteiger partial charge in [-0.25, -0.2) is 13.6 Å². The molecular formula is C28H28ClF2N3O. The van der Waals surface area contributed by atoms with Crippen LogP contribution >= 0.6 is 11.6 Å². The summed E-state index contributed by atoms with van der Waals surface area (Å²) in [4.78, 5) is 18.0. The highest BCUT2D eigenvalue weighted by atomic mass is 35.5. The van der Waals surface area contributed by atoms with Crippen LogP contribution in [0.3, 0.4) is 0 Å². The maximum atomic E-state index is 13.5. The molecule has 1 saturated heterocycles. The molecule has 4 aromatic rings. The number of nitrogens with zero attached hydrogens (tertiary/aromatic N) is 2. The molecule has 35 heavy (non-hydrogen) atoms. The fourth-order valence-corrected chi connectivity index (χ4v) is 5.59. The predicted molar refractivity (Wildman–Crippen MR) is 136 cm³/mol. The van der Waals surface area contributed by atoms with E-state index in [0.29, 0.717) is 5.02 Å². The van der Waals surface area contributed by atoms with E-state index in [9.17, 15) is 13.6 Å². The third-order valence-corrected chi connectivity index (χ3v) is 7.43. The lowest BCUT2D eigenvalue weighted by Gasteiger charge is -2.33. The number of para-hydroxylation sites is 1. The number of fused-ring (bicyclic) bond motifs is 1. The van der Waals surface area contributed by atoms with Crippen molar-refractivity contribution in [2.75, 3.05) is 19.6 Å². The van der Waals surface area contributed by atoms with Gasteiger partial charge in [0.1, 0.15) is 11.6 Å². The Morgan fingerprint density at radius 2 is 1.51 bits per heavy atom. The molecule has 0 unspecified atom stereocenters. The number of H-pyrrole nitrogens is 1. The van der Waals surface area contributed by atoms with Crippen molar-refractivity contribution in [2.45, 2.75) is 37.6 Å². The zero-order valence-electron chi connectivity index (χ0n) is 19.4. The van der Waals surface area contributed by atoms with Gasteiger partial charge < -0.3 is 9.88 Å². The minimum Gasteiger partial charge on any atom is -0.305 e. The summed E-state index contributed by atoms with van der Waals surface area (Å²) < 4.78 is 28.8. The summed E-state index contributed by atoms with van der Waals surface area (Å²) in [5.74, 6) is -0.434. The van der Waals surface area contributed by atoms with Crippen molar-refractivity contribution in [3.8, 4) is 0 Å². The molecule has 0 aliphatic carbocycles. The Hall–Kier alpha value is -2.96. The Bertz CT molecular complexity index is 1290. The van der Waals surface area contributed by atoms with Crippen LogP contribution < -0.4 is 5.69 Å². The molecule has 1 aliphatic rings. The highest BCUT2D eigenvalue weighted by Gasteiger charge is 2.24. The van der Waals surface area contributed by atoms with Crippen molar-refractivity contribution in [3.05, 3.63) is 105 Å². The lowest BCUT2D eigenvalue weighted by molar-refractivity contribution is 0.183. The number of halogens is 3. The first-order valence-corrected chi connectivity index (χ1v) is 12.5. The number of hydrogen-bond acceptors (Lipinski definition) is 2. The second kappa shape index (κ2) is 10.3. The van der Waals surface area contributed by atoms with E-state index in [-0.39, 0.29) is 29.3 Å². The van der Waals surface area contributed by atoms with Crippen LogP contribution in [0.25, 0.3) is 11.0 Å². The van der Waals surface area contributed by atoms with Crippen LogP contribution in [-0.2, 0) is 0 Å². The van der Waals surface area contributed by atoms with Gasteiger partial charge in [-0.1, -0.05) is 41.9 Å². The first kappa shape index (κ1) is 23.8. The van der Waals surface area contributed by atoms with E-state index in [1.54, 1.807) is 0 Å². The lowest BCUT2D eigenvalue weighted by atomic mass is 9.87. The molecule has 3 aromatic carbocycles. The fourth-order valence-electron chi connectivity index (χ4n) is 5.32. The predicted octanol–water partition coefficient (Wildman–Crippen LogP) is 6.51. The van der Waals surface area contributed by atoms with E-state index >= 15 is 0 Å². The average molecular weight is 496 g/mol. The van der Waals surface area contributed by atoms with Crippen molar-refractivity contribution in [1.29, 1.82) is 0 Å². The Balaban J connectivity index is 1.22. The van der Waals surface area contributed by atoms with Gasteiger partial charge in [0.25, 0.3) is 0 Å². The van der Waals surface area contributed by atoms with Gasteiger partial charge in [0.2, 0.25) is 0 Å². The molecule has 5 rings (SSSR count). The van der Waals surface area contributed by atoms with Gasteiger partial charge in [0.05, 0.1) is 16.1 Å². The summed E-state index contributed by atoms with van der Waals surface area (Å²) in [7, 11) is 0. The molecule has 0 atom stereocenters. The average Bonchev–Trinajstić information content (AvgIpc) is 3.21. The summed E-state index contributed by atoms with van der Waals surface area (Å²) in [5.41, 5.74) is 3.53. The van der Waals surface area contributed by atoms with Crippen LogP contribution in [0.15, 0.2) is 71.5 Å². The molecule has 7 heteroatoms. The first-order valence-electron chi connectivity index (χ1n) is 12.1. The summed E-state index contributed by atoms with van der Waals surface area (Å²) in [6, 6.07) is 18.9. The molecule has 1 aromatic heterocycles. The number of rotatable bonds is 7. The van der Waals surface area contributed by atoms with Crippen LogP contribution in [0.4, 0.5) is 8.78 Å². The number of likely N-dealkylation sites (tertiary alicyclic amines) is 1. The van der Waals surface area contributed by atoms with E-state index in [1.165, 1.54) is 24.3 Å². The highest BCUT2D eigenvalue weighted by Crippen LogP contribution is 2.31. The molecule has 1 fully saturated rings. The Morgan fingerprint density at radius 1 is 0.914 bits per heavy atom. The van der Waals surface area contributed by atoms with Crippen LogP contribution in [0.1, 0.15) is 48.8 Å². The minimum atomic E-state index is -0.259. The second-order valence-corrected chi connectivity index (χ2v) is 9.71. The normalized spacial score (nSPS) is 15.3. The molecule has 4 nitrogen and oxygen atoms in total. The molecule has 1 N–H and O–H groups in total. The first-order chi connectivity index (χ1) is 17.0. The molecule has 0 spiro atoms. The zero-order chi connectivity index (χ0) is 24.4. The molecule has 0 amide bonds. The zero-order valence-corrected chi connectivity index (χ0v) is 20.1. The quantitative estimate of drug-likeness (QED) is 0.317. The van der Waals surface area contributed by atoms with E-state index in [0.717, 1.165) is 67.5 Å². The van der Waals surface area contributed by atoms with Gasteiger partial charge in [-0.05, 0) is 79.8 Å². The smallest absolute Gasteiger partial charge is 0.305 e. The van der Waals surface area contributed by atoms with Gasteiger partial charge in [-0.2, -0.15) is 0 Å². The molecule has 0 bridgehead atoms. The number of aromatic amines is 1. The number of benzene rings is 3. The lowest BCUT2D eigenvalue weighted by Crippen LogP contribution is -2.37. The molecule has 2 heterocycles. The second-order valence-electron chi connectivity index (χ2n) is 9.31. The van der Waals surface area contributed by atoms with Gasteiger partial charge in [0, 0.05) is 25.0 Å². The van der Waals surface area contributed by atoms with Gasteiger partial charge in [0.15, 0.2) is 0 Å². The molecule has 182 valence electrons. The van der Waals surface area contributed by atoms with Crippen molar-refractivity contribution in [3.63, 3.8) is 0 Å². The summed E-state index contributed by atoms with van der Waals surface area (Å²) >= 11 is 6.41. The Labute approximate surface area is 208 Å². The van der Waals surface area contributed by atoms with Crippen molar-refractivity contribution in [1.82, 2.24) is 14.5 Å². The summed E-state index contributed by atoms with van der Waals surface area (Å²) in [5, 5.41) is 0.593. The standard InChI is InChI=1S/C28H28ClF2N3O/c29-25-4-1-5-26-27(25)34(28(35)32-26)23-14-17-33(18-15-23)16-2-3-24(19-6-10-21(30)11-7-19)20-8-12-22(31)13-9-20/h1,4-13,23-24H,2-3,14-18H2,(H,32,35). The van der Waals surface area contributed by atoms with E-state index in [2.05, 4.69) is 9.88 Å². The highest BCUT2D eigenvalue weighted by molar-refractivity contribution is 6.34. The largest absolute Gasteiger partial charge is 0.326 e. The number of nitrogens with one attached hydrogen (secondary N) is 1. The summed E-state index contributed by atoms with van der Waals surface area (Å²) in [6.45, 7) is 2.76. The monoisotopic (exact) mass is 495 g/mol. The minimum absolute atomic E-state index is 0.0840. The van der Waals surface area contributed by atoms with E-state index < -0.39 is 0 Å². The third-order valence-electron chi connectivity index (χ3n) is 7.12. The topological polar surface area (TPSA) is 41.0 Å². The van der Waals surface area contributed by atoms with Gasteiger partial charge in [-0.3, -0.25) is 4.57 Å². The van der Waals surface area contributed by atoms with Crippen LogP contribution in [-0.4, -0.2) is 34.1 Å². The van der Waals surface area contributed by atoms with Crippen LogP contribution in [0.5, 0.6) is 0 Å². The number of aromatic nitrogens is 2. The molecule has 0 radical (unpaired) electrons. The van der Waals surface area contributed by atoms with Crippen molar-refractivity contribution >= 4 is 22.6 Å². The SMILES string of the molecule is O=c1[nH]c2cccc(Cl)c2n1C1CCN(CCCC(c2ccc(F)cc2)c2ccc(F)cc2)CC1. The van der Waals surface area contributed by atoms with Crippen LogP contribution in [0, 0.1) is 11.6 Å². The third kappa shape index (κ3) is 5.19. The van der Waals surface area contributed by atoms with Gasteiger partial charge in [-0.15, -0.1) is 0 Å². The van der Waals surface area contributed by atoms with E-state index in [4.69, 9.17) is 11.6 Å². The number of imidazole rings is 1. The molecular weight excluding hydrogens is 468 g/mol. The maximum absolute atomic E-state index is 13.5. The number of piperidine rings is 1. The molecule has 1 aliphatic heterocycles. The van der Waals surface area contributed by atoms with Crippen molar-refractivity contribution in [2.24, 2.45) is 0 Å². The Morgan fingerprint density at radius 3 is 2.11 bits per heavy atom. The van der Waals surface area contributed by atoms with Crippen LogP contribution in [0.2, 0.25) is 5.02 Å². The van der Waals surface area contributed by atoms with Gasteiger partial charge >= 0.3 is 5.69 Å². The molecule has 0 saturated carbocycles. The summed E-state index contributed by atoms with van der Waals surface area (Å²) in [6.07, 6.45) is 3.62. The Kier molecular flexibility index (Phi) is 7.02. The number of hydrogen-bond donors (Lipinski definition) is 1. The maximum Gasteiger partial charge on any atom is 0.326 e. The fraction of sp³-hybridized carbons (Fsp3) is 0.321. The van der Waals surface area contributed by atoms with Crippen molar-refractivity contribution < 1.29 is 8.78 Å². The van der Waals surface area contributed by atoms with E-state index in [1.807, 2.05) is 47.0 Å².